The van der Waals surface area contributed by atoms with Crippen molar-refractivity contribution in [3.63, 3.8) is 0 Å². The van der Waals surface area contributed by atoms with E-state index in [0.29, 0.717) is 30.1 Å². The monoisotopic (exact) mass is 763 g/mol. The highest BCUT2D eigenvalue weighted by Gasteiger charge is 2.42. The second-order valence-corrected chi connectivity index (χ2v) is 14.3. The standard InChI is InChI=1S/C32H33Cl2F2N3O7S.H2O.H2S/c1-38(2)30(40)21-5-3-6-22(13-21)47(42,43)39-12-4-7-26(39)31(41)45-28(15-23-24(33)16-37-17-25(23)34)20-10-11-27(46-32(35)36)29(14-20)44-18-19-8-9-19;;/h3,5-6,10-11,13-14,16-17,19,26,28,32H,4,7-9,12,15,18H2,1-2H3;2*1H2/t26-,28-;;/m0../s1. The lowest BCUT2D eigenvalue weighted by molar-refractivity contribution is -0.377. The van der Waals surface area contributed by atoms with E-state index < -0.39 is 34.7 Å². The number of amides is 1. The Labute approximate surface area is 300 Å². The van der Waals surface area contributed by atoms with E-state index in [1.807, 2.05) is 0 Å². The number of hydrogen-bond donors (Lipinski definition) is 0. The number of aromatic amines is 1. The molecule has 0 radical (unpaired) electrons. The van der Waals surface area contributed by atoms with E-state index in [4.69, 9.17) is 32.7 Å². The molecule has 2 aromatic carbocycles. The largest absolute Gasteiger partial charge is 0.870 e. The number of ether oxygens (including phenoxy) is 3. The number of benzene rings is 2. The van der Waals surface area contributed by atoms with Gasteiger partial charge in [0.25, 0.3) is 5.91 Å². The Morgan fingerprint density at radius 3 is 2.37 bits per heavy atom. The van der Waals surface area contributed by atoms with Gasteiger partial charge in [-0.15, -0.1) is 0 Å². The van der Waals surface area contributed by atoms with Gasteiger partial charge >= 0.3 is 12.6 Å². The molecule has 5 rings (SSSR count). The second kappa shape index (κ2) is 17.1. The minimum absolute atomic E-state index is 0. The van der Waals surface area contributed by atoms with Gasteiger partial charge in [0.1, 0.15) is 22.2 Å². The van der Waals surface area contributed by atoms with Crippen LogP contribution in [0.1, 0.15) is 53.3 Å². The summed E-state index contributed by atoms with van der Waals surface area (Å²) in [4.78, 5) is 30.4. The molecule has 1 aliphatic carbocycles. The SMILES string of the molecule is CN(C)C(=O)c1cccc(S(=O)(=O)N2CCC[C@H]2C(=O)O[C@@H](Cc2c(Cl)c[nH+]cc2Cl)c2ccc(OC(F)F)c(OCC3CC3)c2)c1.S.[OH-]. The molecule has 1 saturated carbocycles. The summed E-state index contributed by atoms with van der Waals surface area (Å²) in [7, 11) is -1.10. The molecule has 1 aliphatic heterocycles. The number of aromatic nitrogens is 1. The van der Waals surface area contributed by atoms with Crippen molar-refractivity contribution in [3.8, 4) is 11.5 Å². The third-order valence-corrected chi connectivity index (χ3v) is 10.5. The van der Waals surface area contributed by atoms with Crippen molar-refractivity contribution < 1.29 is 51.5 Å². The van der Waals surface area contributed by atoms with Crippen LogP contribution in [-0.2, 0) is 26.0 Å². The summed E-state index contributed by atoms with van der Waals surface area (Å²) >= 11 is 12.9. The molecule has 1 aromatic heterocycles. The fourth-order valence-corrected chi connectivity index (χ4v) is 7.50. The van der Waals surface area contributed by atoms with Crippen LogP contribution < -0.4 is 14.5 Å². The quantitative estimate of drug-likeness (QED) is 0.207. The number of carbonyl (C=O) groups excluding carboxylic acids is 2. The number of pyridine rings is 1. The lowest BCUT2D eigenvalue weighted by atomic mass is 10.0. The molecule has 2 fully saturated rings. The number of alkyl halides is 2. The van der Waals surface area contributed by atoms with Crippen LogP contribution in [0.5, 0.6) is 11.5 Å². The van der Waals surface area contributed by atoms with E-state index in [1.54, 1.807) is 14.1 Å². The van der Waals surface area contributed by atoms with Crippen LogP contribution in [0.2, 0.25) is 10.0 Å². The first-order valence-corrected chi connectivity index (χ1v) is 17.1. The van der Waals surface area contributed by atoms with Crippen molar-refractivity contribution in [1.82, 2.24) is 9.21 Å². The third kappa shape index (κ3) is 9.73. The van der Waals surface area contributed by atoms with E-state index in [2.05, 4.69) is 9.72 Å². The van der Waals surface area contributed by atoms with Gasteiger partial charge in [-0.05, 0) is 67.5 Å². The summed E-state index contributed by atoms with van der Waals surface area (Å²) < 4.78 is 71.6. The number of nitrogens with one attached hydrogen (secondary N) is 1. The molecule has 268 valence electrons. The number of carbonyl (C=O) groups is 2. The summed E-state index contributed by atoms with van der Waals surface area (Å²) in [5.74, 6) is -1.01. The maximum atomic E-state index is 13.8. The topological polar surface area (TPSA) is 147 Å². The van der Waals surface area contributed by atoms with Crippen molar-refractivity contribution in [3.05, 3.63) is 81.6 Å². The molecule has 17 heteroatoms. The highest BCUT2D eigenvalue weighted by molar-refractivity contribution is 7.89. The molecule has 2 N–H and O–H groups in total. The van der Waals surface area contributed by atoms with Gasteiger partial charge in [0, 0.05) is 38.2 Å². The van der Waals surface area contributed by atoms with E-state index in [1.165, 1.54) is 59.8 Å². The van der Waals surface area contributed by atoms with Gasteiger partial charge in [-0.25, -0.2) is 13.4 Å². The Bertz CT molecular complexity index is 1730. The molecular weight excluding hydrogens is 727 g/mol. The molecule has 2 aliphatic rings. The summed E-state index contributed by atoms with van der Waals surface area (Å²) in [6.07, 6.45) is 4.43. The lowest BCUT2D eigenvalue weighted by Crippen LogP contribution is -2.42. The zero-order valence-electron chi connectivity index (χ0n) is 26.6. The first-order valence-electron chi connectivity index (χ1n) is 14.9. The van der Waals surface area contributed by atoms with Crippen molar-refractivity contribution in [2.75, 3.05) is 27.2 Å². The van der Waals surface area contributed by atoms with Crippen LogP contribution in [0.25, 0.3) is 0 Å². The van der Waals surface area contributed by atoms with Gasteiger partial charge in [0.2, 0.25) is 10.0 Å². The summed E-state index contributed by atoms with van der Waals surface area (Å²) in [5, 5.41) is 0.525. The first-order chi connectivity index (χ1) is 22.3. The molecule has 1 saturated heterocycles. The minimum atomic E-state index is -4.21. The molecule has 49 heavy (non-hydrogen) atoms. The van der Waals surface area contributed by atoms with Crippen molar-refractivity contribution >= 4 is 58.6 Å². The number of hydrogen-bond acceptors (Lipinski definition) is 8. The molecule has 2 atom stereocenters. The highest BCUT2D eigenvalue weighted by Crippen LogP contribution is 2.38. The summed E-state index contributed by atoms with van der Waals surface area (Å²) in [5.41, 5.74) is 0.992. The Morgan fingerprint density at radius 1 is 1.04 bits per heavy atom. The van der Waals surface area contributed by atoms with Crippen LogP contribution in [0, 0.1) is 5.92 Å². The number of halogens is 4. The average Bonchev–Trinajstić information content (AvgIpc) is 3.72. The number of sulfonamides is 1. The maximum absolute atomic E-state index is 13.8. The van der Waals surface area contributed by atoms with E-state index in [9.17, 15) is 26.8 Å². The molecule has 0 bridgehead atoms. The van der Waals surface area contributed by atoms with Crippen LogP contribution >= 0.6 is 36.7 Å². The predicted octanol–water partition coefficient (Wildman–Crippen LogP) is 5.52. The molecule has 2 heterocycles. The number of nitrogens with zero attached hydrogens (tertiary/aromatic N) is 2. The maximum Gasteiger partial charge on any atom is 0.387 e. The first kappa shape index (κ1) is 40.2. The normalized spacial score (nSPS) is 16.7. The minimum Gasteiger partial charge on any atom is -0.870 e. The Hall–Kier alpha value is -3.21. The van der Waals surface area contributed by atoms with Gasteiger partial charge in [-0.3, -0.25) is 9.59 Å². The zero-order valence-corrected chi connectivity index (χ0v) is 29.9. The van der Waals surface area contributed by atoms with E-state index >= 15 is 0 Å². The molecule has 0 unspecified atom stereocenters. The zero-order chi connectivity index (χ0) is 33.9. The smallest absolute Gasteiger partial charge is 0.387 e. The Kier molecular flexibility index (Phi) is 14.1. The van der Waals surface area contributed by atoms with Gasteiger partial charge in [-0.2, -0.15) is 26.6 Å². The number of H-pyrrole nitrogens is 1. The summed E-state index contributed by atoms with van der Waals surface area (Å²) in [6, 6.07) is 8.70. The molecular formula is C32H37Cl2F2N3O8S2. The predicted molar refractivity (Wildman–Crippen MR) is 181 cm³/mol. The van der Waals surface area contributed by atoms with Crippen LogP contribution in [0.4, 0.5) is 8.78 Å². The van der Waals surface area contributed by atoms with Crippen LogP contribution in [0.3, 0.4) is 0 Å². The van der Waals surface area contributed by atoms with Crippen molar-refractivity contribution in [1.29, 1.82) is 0 Å². The van der Waals surface area contributed by atoms with Crippen LogP contribution in [-0.4, -0.2) is 74.9 Å². The van der Waals surface area contributed by atoms with E-state index in [0.717, 1.165) is 17.1 Å². The van der Waals surface area contributed by atoms with Gasteiger partial charge in [-0.1, -0.05) is 35.3 Å². The average molecular weight is 765 g/mol. The van der Waals surface area contributed by atoms with Gasteiger partial charge < -0.3 is 24.6 Å². The highest BCUT2D eigenvalue weighted by atomic mass is 35.5. The Balaban J connectivity index is 0.00000325. The third-order valence-electron chi connectivity index (χ3n) is 7.94. The van der Waals surface area contributed by atoms with Gasteiger partial charge in [0.05, 0.1) is 11.5 Å². The molecule has 1 amide bonds. The molecule has 11 nitrogen and oxygen atoms in total. The second-order valence-electron chi connectivity index (χ2n) is 11.6. The lowest BCUT2D eigenvalue weighted by Gasteiger charge is -2.26. The molecule has 3 aromatic rings. The van der Waals surface area contributed by atoms with Crippen LogP contribution in [0.15, 0.2) is 59.8 Å². The van der Waals surface area contributed by atoms with Crippen molar-refractivity contribution in [2.24, 2.45) is 5.92 Å². The fourth-order valence-electron chi connectivity index (χ4n) is 5.27. The van der Waals surface area contributed by atoms with Gasteiger partial charge in [0.15, 0.2) is 23.9 Å². The van der Waals surface area contributed by atoms with Crippen molar-refractivity contribution in [2.45, 2.75) is 55.8 Å². The number of rotatable bonds is 13. The fraction of sp³-hybridized carbons (Fsp3) is 0.406. The Morgan fingerprint density at radius 2 is 1.73 bits per heavy atom. The van der Waals surface area contributed by atoms with E-state index in [-0.39, 0.29) is 76.3 Å². The summed E-state index contributed by atoms with van der Waals surface area (Å²) in [6.45, 7) is -2.73. The number of esters is 1. The molecule has 0 spiro atoms.